The number of nitrogens with one attached hydrogen (secondary N) is 2. The van der Waals surface area contributed by atoms with Crippen LogP contribution in [0.5, 0.6) is 0 Å². The minimum Gasteiger partial charge on any atom is -0.359 e. The fourth-order valence-corrected chi connectivity index (χ4v) is 4.04. The van der Waals surface area contributed by atoms with E-state index in [1.165, 1.54) is 57.8 Å². The maximum atomic E-state index is 11.3. The molecule has 2 N–H and O–H groups in total. The molecule has 2 rings (SSSR count). The third-order valence-corrected chi connectivity index (χ3v) is 5.11. The van der Waals surface area contributed by atoms with Gasteiger partial charge in [-0.2, -0.15) is 0 Å². The molecule has 0 aliphatic heterocycles. The van der Waals surface area contributed by atoms with Gasteiger partial charge in [0.15, 0.2) is 0 Å². The second kappa shape index (κ2) is 7.88. The molecule has 0 radical (unpaired) electrons. The maximum Gasteiger partial charge on any atom is 0.221 e. The number of amides is 1. The Morgan fingerprint density at radius 1 is 1.00 bits per heavy atom. The van der Waals surface area contributed by atoms with Gasteiger partial charge in [-0.25, -0.2) is 0 Å². The summed E-state index contributed by atoms with van der Waals surface area (Å²) in [4.78, 5) is 11.3. The lowest BCUT2D eigenvalue weighted by Gasteiger charge is -2.39. The molecule has 2 unspecified atom stereocenters. The highest BCUT2D eigenvalue weighted by Gasteiger charge is 2.31. The fraction of sp³-hybridized carbons (Fsp3) is 0.938. The lowest BCUT2D eigenvalue weighted by Crippen LogP contribution is -2.43. The Kier molecular flexibility index (Phi) is 6.15. The summed E-state index contributed by atoms with van der Waals surface area (Å²) in [6.45, 7) is 0.841. The zero-order valence-electron chi connectivity index (χ0n) is 12.4. The predicted octanol–water partition coefficient (Wildman–Crippen LogP) is 2.85. The predicted molar refractivity (Wildman–Crippen MR) is 79.0 cm³/mol. The van der Waals surface area contributed by atoms with Crippen LogP contribution in [0.1, 0.15) is 64.2 Å². The third-order valence-electron chi connectivity index (χ3n) is 5.11. The lowest BCUT2D eigenvalue weighted by atomic mass is 9.71. The van der Waals surface area contributed by atoms with Crippen LogP contribution in [0.2, 0.25) is 0 Å². The summed E-state index contributed by atoms with van der Waals surface area (Å²) in [5, 5.41) is 6.37. The number of carbonyl (C=O) groups is 1. The van der Waals surface area contributed by atoms with Crippen LogP contribution in [-0.4, -0.2) is 25.5 Å². The van der Waals surface area contributed by atoms with E-state index in [9.17, 15) is 4.79 Å². The maximum absolute atomic E-state index is 11.3. The molecule has 0 heterocycles. The highest BCUT2D eigenvalue weighted by Crippen LogP contribution is 2.38. The average molecular weight is 266 g/mol. The third kappa shape index (κ3) is 4.48. The van der Waals surface area contributed by atoms with Gasteiger partial charge in [-0.05, 0) is 24.7 Å². The van der Waals surface area contributed by atoms with Crippen molar-refractivity contribution in [3.63, 3.8) is 0 Å². The van der Waals surface area contributed by atoms with Crippen molar-refractivity contribution in [2.75, 3.05) is 13.6 Å². The Balaban J connectivity index is 1.79. The molecule has 2 atom stereocenters. The van der Waals surface area contributed by atoms with Gasteiger partial charge in [0.2, 0.25) is 5.91 Å². The molecule has 0 aromatic carbocycles. The van der Waals surface area contributed by atoms with E-state index < -0.39 is 0 Å². The SMILES string of the molecule is CNC(=O)CCNC1CCCCC1C1CCCCC1. The molecule has 3 heteroatoms. The number of hydrogen-bond acceptors (Lipinski definition) is 2. The summed E-state index contributed by atoms with van der Waals surface area (Å²) in [5.41, 5.74) is 0. The Morgan fingerprint density at radius 3 is 2.42 bits per heavy atom. The molecule has 2 aliphatic rings. The van der Waals surface area contributed by atoms with Gasteiger partial charge in [0.25, 0.3) is 0 Å². The molecule has 2 aliphatic carbocycles. The van der Waals surface area contributed by atoms with Gasteiger partial charge in [0.05, 0.1) is 0 Å². The van der Waals surface area contributed by atoms with E-state index in [4.69, 9.17) is 0 Å². The first-order valence-corrected chi connectivity index (χ1v) is 8.25. The van der Waals surface area contributed by atoms with Crippen LogP contribution in [0.15, 0.2) is 0 Å². The van der Waals surface area contributed by atoms with Crippen molar-refractivity contribution in [2.45, 2.75) is 70.3 Å². The monoisotopic (exact) mass is 266 g/mol. The van der Waals surface area contributed by atoms with Crippen LogP contribution in [0.4, 0.5) is 0 Å². The molecule has 2 fully saturated rings. The van der Waals surface area contributed by atoms with Crippen molar-refractivity contribution in [1.29, 1.82) is 0 Å². The second-order valence-electron chi connectivity index (χ2n) is 6.33. The summed E-state index contributed by atoms with van der Waals surface area (Å²) in [7, 11) is 1.72. The van der Waals surface area contributed by atoms with E-state index >= 15 is 0 Å². The molecule has 0 aromatic heterocycles. The first kappa shape index (κ1) is 14.8. The van der Waals surface area contributed by atoms with Gasteiger partial charge in [-0.1, -0.05) is 44.9 Å². The molecular formula is C16H30N2O. The fourth-order valence-electron chi connectivity index (χ4n) is 4.04. The minimum atomic E-state index is 0.150. The molecule has 2 saturated carbocycles. The van der Waals surface area contributed by atoms with Crippen molar-refractivity contribution in [3.8, 4) is 0 Å². The Labute approximate surface area is 117 Å². The van der Waals surface area contributed by atoms with Gasteiger partial charge in [0, 0.05) is 26.1 Å². The molecule has 0 bridgehead atoms. The van der Waals surface area contributed by atoms with Crippen molar-refractivity contribution in [1.82, 2.24) is 10.6 Å². The van der Waals surface area contributed by atoms with Gasteiger partial charge in [-0.15, -0.1) is 0 Å². The van der Waals surface area contributed by atoms with Crippen LogP contribution in [-0.2, 0) is 4.79 Å². The van der Waals surface area contributed by atoms with Crippen LogP contribution in [0, 0.1) is 11.8 Å². The Morgan fingerprint density at radius 2 is 1.68 bits per heavy atom. The minimum absolute atomic E-state index is 0.150. The van der Waals surface area contributed by atoms with Crippen LogP contribution < -0.4 is 10.6 Å². The van der Waals surface area contributed by atoms with Crippen LogP contribution in [0.25, 0.3) is 0 Å². The van der Waals surface area contributed by atoms with E-state index in [1.54, 1.807) is 7.05 Å². The zero-order chi connectivity index (χ0) is 13.5. The quantitative estimate of drug-likeness (QED) is 0.803. The molecule has 0 saturated heterocycles. The molecular weight excluding hydrogens is 236 g/mol. The molecule has 0 spiro atoms. The number of carbonyl (C=O) groups excluding carboxylic acids is 1. The summed E-state index contributed by atoms with van der Waals surface area (Å²) in [6.07, 6.45) is 13.3. The topological polar surface area (TPSA) is 41.1 Å². The van der Waals surface area contributed by atoms with E-state index in [0.717, 1.165) is 18.4 Å². The molecule has 1 amide bonds. The standard InChI is InChI=1S/C16H30N2O/c1-17-16(19)11-12-18-15-10-6-5-9-14(15)13-7-3-2-4-8-13/h13-15,18H,2-12H2,1H3,(H,17,19). The average Bonchev–Trinajstić information content (AvgIpc) is 2.48. The summed E-state index contributed by atoms with van der Waals surface area (Å²) >= 11 is 0. The lowest BCUT2D eigenvalue weighted by molar-refractivity contribution is -0.120. The van der Waals surface area contributed by atoms with E-state index in [-0.39, 0.29) is 5.91 Å². The first-order chi connectivity index (χ1) is 9.31. The normalized spacial score (nSPS) is 29.1. The van der Waals surface area contributed by atoms with Gasteiger partial charge in [0.1, 0.15) is 0 Å². The summed E-state index contributed by atoms with van der Waals surface area (Å²) in [6, 6.07) is 0.668. The second-order valence-corrected chi connectivity index (χ2v) is 6.33. The van der Waals surface area contributed by atoms with Crippen molar-refractivity contribution >= 4 is 5.91 Å². The highest BCUT2D eigenvalue weighted by atomic mass is 16.1. The zero-order valence-corrected chi connectivity index (χ0v) is 12.4. The number of hydrogen-bond donors (Lipinski definition) is 2. The van der Waals surface area contributed by atoms with Crippen LogP contribution >= 0.6 is 0 Å². The largest absolute Gasteiger partial charge is 0.359 e. The molecule has 0 aromatic rings. The summed E-state index contributed by atoms with van der Waals surface area (Å²) in [5.74, 6) is 1.97. The van der Waals surface area contributed by atoms with Gasteiger partial charge >= 0.3 is 0 Å². The summed E-state index contributed by atoms with van der Waals surface area (Å²) < 4.78 is 0. The smallest absolute Gasteiger partial charge is 0.221 e. The van der Waals surface area contributed by atoms with Gasteiger partial charge in [-0.3, -0.25) is 4.79 Å². The van der Waals surface area contributed by atoms with Crippen LogP contribution in [0.3, 0.4) is 0 Å². The van der Waals surface area contributed by atoms with E-state index in [2.05, 4.69) is 10.6 Å². The Bertz CT molecular complexity index is 274. The molecule has 3 nitrogen and oxygen atoms in total. The van der Waals surface area contributed by atoms with Crippen molar-refractivity contribution < 1.29 is 4.79 Å². The van der Waals surface area contributed by atoms with Crippen molar-refractivity contribution in [3.05, 3.63) is 0 Å². The van der Waals surface area contributed by atoms with Crippen molar-refractivity contribution in [2.24, 2.45) is 11.8 Å². The van der Waals surface area contributed by atoms with E-state index in [0.29, 0.717) is 12.5 Å². The highest BCUT2D eigenvalue weighted by molar-refractivity contribution is 5.75. The van der Waals surface area contributed by atoms with E-state index in [1.807, 2.05) is 0 Å². The first-order valence-electron chi connectivity index (χ1n) is 8.25. The molecule has 110 valence electrons. The molecule has 19 heavy (non-hydrogen) atoms. The Hall–Kier alpha value is -0.570. The van der Waals surface area contributed by atoms with Gasteiger partial charge < -0.3 is 10.6 Å². The number of rotatable bonds is 5.